The van der Waals surface area contributed by atoms with Crippen LogP contribution in [0.3, 0.4) is 0 Å². The van der Waals surface area contributed by atoms with Gasteiger partial charge in [0.05, 0.1) is 25.7 Å². The molecule has 10 heteroatoms. The number of piperazine rings is 1. The second-order valence-corrected chi connectivity index (χ2v) is 8.95. The molecule has 0 aliphatic carbocycles. The van der Waals surface area contributed by atoms with Gasteiger partial charge in [-0.2, -0.15) is 0 Å². The van der Waals surface area contributed by atoms with E-state index in [1.165, 1.54) is 4.90 Å². The van der Waals surface area contributed by atoms with E-state index in [2.05, 4.69) is 16.0 Å². The van der Waals surface area contributed by atoms with Crippen molar-refractivity contribution >= 4 is 29.4 Å². The van der Waals surface area contributed by atoms with Crippen LogP contribution in [0, 0.1) is 5.92 Å². The van der Waals surface area contributed by atoms with Crippen LogP contribution in [-0.4, -0.2) is 80.1 Å². The summed E-state index contributed by atoms with van der Waals surface area (Å²) in [4.78, 5) is 51.2. The number of carbonyl (C=O) groups is 4. The summed E-state index contributed by atoms with van der Waals surface area (Å²) in [5, 5.41) is 8.59. The van der Waals surface area contributed by atoms with Gasteiger partial charge in [-0.05, 0) is 37.0 Å². The number of nitrogens with zero attached hydrogens (tertiary/aromatic N) is 1. The van der Waals surface area contributed by atoms with E-state index in [1.54, 1.807) is 24.3 Å². The lowest BCUT2D eigenvalue weighted by Gasteiger charge is -2.34. The van der Waals surface area contributed by atoms with Crippen molar-refractivity contribution in [3.63, 3.8) is 0 Å². The third kappa shape index (κ3) is 7.44. The number of carbonyl (C=O) groups excluding carboxylic acids is 4. The highest BCUT2D eigenvalue weighted by molar-refractivity contribution is 5.95. The maximum absolute atomic E-state index is 12.9. The number of hydrogen-bond donors (Lipinski definition) is 3. The zero-order chi connectivity index (χ0) is 24.5. The van der Waals surface area contributed by atoms with E-state index in [9.17, 15) is 19.2 Å². The summed E-state index contributed by atoms with van der Waals surface area (Å²) in [5.74, 6) is -1.22. The molecule has 2 atom stereocenters. The minimum absolute atomic E-state index is 0.0558. The number of nitrogens with one attached hydrogen (secondary N) is 3. The molecule has 0 saturated carbocycles. The first-order valence-corrected chi connectivity index (χ1v) is 11.8. The second kappa shape index (κ2) is 12.4. The molecule has 1 aromatic rings. The van der Waals surface area contributed by atoms with Crippen molar-refractivity contribution in [3.05, 3.63) is 29.8 Å². The SMILES string of the molecule is CC(C)COC(=O)CC1C(=O)NCCN1C(=O)CNc1cccc(C(=O)NCC2CCCO2)c1. The predicted octanol–water partition coefficient (Wildman–Crippen LogP) is 0.924. The molecule has 2 saturated heterocycles. The summed E-state index contributed by atoms with van der Waals surface area (Å²) < 4.78 is 10.7. The Bertz CT molecular complexity index is 884. The highest BCUT2D eigenvalue weighted by Gasteiger charge is 2.35. The van der Waals surface area contributed by atoms with Gasteiger partial charge in [-0.3, -0.25) is 19.2 Å². The fraction of sp³-hybridized carbons (Fsp3) is 0.583. The van der Waals surface area contributed by atoms with Gasteiger partial charge in [0.2, 0.25) is 11.8 Å². The third-order valence-electron chi connectivity index (χ3n) is 5.67. The third-order valence-corrected chi connectivity index (χ3v) is 5.67. The summed E-state index contributed by atoms with van der Waals surface area (Å²) in [5.41, 5.74) is 1.08. The Labute approximate surface area is 199 Å². The second-order valence-electron chi connectivity index (χ2n) is 8.95. The molecule has 186 valence electrons. The van der Waals surface area contributed by atoms with E-state index >= 15 is 0 Å². The van der Waals surface area contributed by atoms with Crippen LogP contribution in [0.4, 0.5) is 5.69 Å². The number of ether oxygens (including phenoxy) is 2. The van der Waals surface area contributed by atoms with Gasteiger partial charge in [-0.15, -0.1) is 0 Å². The van der Waals surface area contributed by atoms with Gasteiger partial charge >= 0.3 is 5.97 Å². The zero-order valence-electron chi connectivity index (χ0n) is 19.8. The fourth-order valence-corrected chi connectivity index (χ4v) is 3.86. The van der Waals surface area contributed by atoms with Crippen molar-refractivity contribution in [2.75, 3.05) is 44.7 Å². The molecule has 2 heterocycles. The van der Waals surface area contributed by atoms with E-state index in [0.29, 0.717) is 30.9 Å². The zero-order valence-corrected chi connectivity index (χ0v) is 19.8. The smallest absolute Gasteiger partial charge is 0.308 e. The van der Waals surface area contributed by atoms with Gasteiger partial charge in [0.15, 0.2) is 0 Å². The number of rotatable bonds is 10. The monoisotopic (exact) mass is 474 g/mol. The molecule has 2 aliphatic heterocycles. The molecular formula is C24H34N4O6. The fourth-order valence-electron chi connectivity index (χ4n) is 3.86. The lowest BCUT2D eigenvalue weighted by molar-refractivity contribution is -0.152. The highest BCUT2D eigenvalue weighted by atomic mass is 16.5. The Morgan fingerprint density at radius 1 is 1.29 bits per heavy atom. The van der Waals surface area contributed by atoms with E-state index in [4.69, 9.17) is 9.47 Å². The Kier molecular flexibility index (Phi) is 9.26. The van der Waals surface area contributed by atoms with E-state index in [-0.39, 0.29) is 49.3 Å². The first kappa shape index (κ1) is 25.5. The number of esters is 1. The van der Waals surface area contributed by atoms with Crippen LogP contribution in [0.5, 0.6) is 0 Å². The van der Waals surface area contributed by atoms with Gasteiger partial charge in [0.25, 0.3) is 5.91 Å². The standard InChI is InChI=1S/C24H34N4O6/c1-16(2)15-34-22(30)12-20-24(32)25-8-9-28(20)21(29)14-26-18-6-3-5-17(11-18)23(31)27-13-19-7-4-10-33-19/h3,5-6,11,16,19-20,26H,4,7-10,12-15H2,1-2H3,(H,25,32)(H,27,31). The lowest BCUT2D eigenvalue weighted by atomic mass is 10.1. The summed E-state index contributed by atoms with van der Waals surface area (Å²) in [7, 11) is 0. The molecule has 0 aromatic heterocycles. The van der Waals surface area contributed by atoms with Gasteiger partial charge < -0.3 is 30.3 Å². The topological polar surface area (TPSA) is 126 Å². The molecule has 2 aliphatic rings. The first-order valence-electron chi connectivity index (χ1n) is 11.8. The Morgan fingerprint density at radius 2 is 2.12 bits per heavy atom. The van der Waals surface area contributed by atoms with Crippen LogP contribution in [0.1, 0.15) is 43.5 Å². The summed E-state index contributed by atoms with van der Waals surface area (Å²) in [6.07, 6.45) is 1.81. The van der Waals surface area contributed by atoms with Gasteiger partial charge in [-0.25, -0.2) is 0 Å². The van der Waals surface area contributed by atoms with Gasteiger partial charge in [0.1, 0.15) is 6.04 Å². The van der Waals surface area contributed by atoms with Crippen LogP contribution in [-0.2, 0) is 23.9 Å². The normalized spacial score (nSPS) is 20.1. The average molecular weight is 475 g/mol. The van der Waals surface area contributed by atoms with Crippen molar-refractivity contribution in [1.82, 2.24) is 15.5 Å². The minimum Gasteiger partial charge on any atom is -0.465 e. The summed E-state index contributed by atoms with van der Waals surface area (Å²) in [6, 6.07) is 5.95. The van der Waals surface area contributed by atoms with Crippen molar-refractivity contribution in [2.45, 2.75) is 45.3 Å². The number of benzene rings is 1. The Hall–Kier alpha value is -3.14. The van der Waals surface area contributed by atoms with E-state index in [1.807, 2.05) is 13.8 Å². The van der Waals surface area contributed by atoms with Gasteiger partial charge in [-0.1, -0.05) is 19.9 Å². The van der Waals surface area contributed by atoms with Crippen molar-refractivity contribution < 1.29 is 28.7 Å². The number of anilines is 1. The molecule has 10 nitrogen and oxygen atoms in total. The van der Waals surface area contributed by atoms with Crippen LogP contribution in [0.15, 0.2) is 24.3 Å². The van der Waals surface area contributed by atoms with Crippen LogP contribution in [0.2, 0.25) is 0 Å². The van der Waals surface area contributed by atoms with Crippen LogP contribution in [0.25, 0.3) is 0 Å². The largest absolute Gasteiger partial charge is 0.465 e. The maximum Gasteiger partial charge on any atom is 0.308 e. The van der Waals surface area contributed by atoms with Crippen LogP contribution >= 0.6 is 0 Å². The average Bonchev–Trinajstić information content (AvgIpc) is 3.35. The Balaban J connectivity index is 1.53. The molecule has 3 N–H and O–H groups in total. The van der Waals surface area contributed by atoms with Crippen molar-refractivity contribution in [2.24, 2.45) is 5.92 Å². The molecule has 0 bridgehead atoms. The number of amides is 3. The molecule has 3 amide bonds. The first-order chi connectivity index (χ1) is 16.3. The quantitative estimate of drug-likeness (QED) is 0.431. The van der Waals surface area contributed by atoms with E-state index in [0.717, 1.165) is 19.4 Å². The molecule has 1 aromatic carbocycles. The summed E-state index contributed by atoms with van der Waals surface area (Å²) >= 11 is 0. The number of hydrogen-bond acceptors (Lipinski definition) is 7. The molecule has 2 unspecified atom stereocenters. The lowest BCUT2D eigenvalue weighted by Crippen LogP contribution is -2.58. The predicted molar refractivity (Wildman–Crippen MR) is 125 cm³/mol. The molecule has 2 fully saturated rings. The maximum atomic E-state index is 12.9. The molecular weight excluding hydrogens is 440 g/mol. The Morgan fingerprint density at radius 3 is 2.85 bits per heavy atom. The molecule has 3 rings (SSSR count). The van der Waals surface area contributed by atoms with Crippen molar-refractivity contribution in [1.29, 1.82) is 0 Å². The molecule has 0 radical (unpaired) electrons. The van der Waals surface area contributed by atoms with E-state index < -0.39 is 12.0 Å². The van der Waals surface area contributed by atoms with Crippen molar-refractivity contribution in [3.8, 4) is 0 Å². The van der Waals surface area contributed by atoms with Gasteiger partial charge in [0, 0.05) is 37.5 Å². The molecule has 34 heavy (non-hydrogen) atoms. The highest BCUT2D eigenvalue weighted by Crippen LogP contribution is 2.15. The summed E-state index contributed by atoms with van der Waals surface area (Å²) in [6.45, 7) is 5.85. The molecule has 0 spiro atoms. The minimum atomic E-state index is -0.905. The van der Waals surface area contributed by atoms with Crippen LogP contribution < -0.4 is 16.0 Å².